The molecule has 0 unspecified atom stereocenters. The molecule has 2 rings (SSSR count). The number of nitro groups is 1. The Balaban J connectivity index is 2.10. The van der Waals surface area contributed by atoms with Gasteiger partial charge in [0.15, 0.2) is 6.61 Å². The average Bonchev–Trinajstić information content (AvgIpc) is 2.91. The Morgan fingerprint density at radius 3 is 2.64 bits per heavy atom. The van der Waals surface area contributed by atoms with Gasteiger partial charge in [-0.3, -0.25) is 14.9 Å². The molecule has 0 aliphatic carbocycles. The molecule has 0 atom stereocenters. The van der Waals surface area contributed by atoms with Crippen LogP contribution in [0.5, 0.6) is 0 Å². The Morgan fingerprint density at radius 1 is 1.32 bits per heavy atom. The van der Waals surface area contributed by atoms with E-state index in [2.05, 4.69) is 0 Å². The number of hydrogen-bond donors (Lipinski definition) is 0. The van der Waals surface area contributed by atoms with E-state index in [0.29, 0.717) is 4.88 Å². The van der Waals surface area contributed by atoms with Crippen LogP contribution < -0.4 is 0 Å². The molecule has 1 aromatic heterocycles. The number of halogens is 1. The monoisotopic (exact) mass is 339 g/mol. The topological polar surface area (TPSA) is 86.5 Å². The molecule has 0 N–H and O–H groups in total. The van der Waals surface area contributed by atoms with Crippen LogP contribution in [-0.2, 0) is 4.74 Å². The maximum Gasteiger partial charge on any atom is 0.345 e. The van der Waals surface area contributed by atoms with E-state index in [1.165, 1.54) is 23.5 Å². The van der Waals surface area contributed by atoms with E-state index >= 15 is 0 Å². The molecule has 0 radical (unpaired) electrons. The normalized spacial score (nSPS) is 10.3. The molecule has 114 valence electrons. The second-order valence-corrected chi connectivity index (χ2v) is 6.05. The minimum atomic E-state index is -0.940. The van der Waals surface area contributed by atoms with Crippen molar-refractivity contribution in [1.82, 2.24) is 0 Å². The number of carbonyl (C=O) groups is 2. The third-order valence-corrected chi connectivity index (χ3v) is 4.00. The third kappa shape index (κ3) is 3.69. The largest absolute Gasteiger partial charge is 0.453 e. The number of rotatable bonds is 5. The molecule has 2 aromatic rings. The number of hydrogen-bond acceptors (Lipinski definition) is 6. The van der Waals surface area contributed by atoms with E-state index in [4.69, 9.17) is 16.3 Å². The van der Waals surface area contributed by atoms with Crippen LogP contribution in [0.25, 0.3) is 0 Å². The first-order valence-electron chi connectivity index (χ1n) is 6.09. The average molecular weight is 340 g/mol. The Bertz CT molecular complexity index is 755. The zero-order chi connectivity index (χ0) is 16.3. The molecule has 0 aliphatic rings. The Kier molecular flexibility index (Phi) is 4.89. The summed E-state index contributed by atoms with van der Waals surface area (Å²) in [6.07, 6.45) is 0. The van der Waals surface area contributed by atoms with Crippen molar-refractivity contribution in [2.75, 3.05) is 6.61 Å². The quantitative estimate of drug-likeness (QED) is 0.359. The van der Waals surface area contributed by atoms with Crippen LogP contribution >= 0.6 is 22.9 Å². The highest BCUT2D eigenvalue weighted by atomic mass is 35.5. The SMILES string of the molecule is Cc1ccc(C(=O)COC(=O)c2ccc(Cl)cc2[N+](=O)[O-])s1. The molecule has 1 heterocycles. The van der Waals surface area contributed by atoms with Crippen molar-refractivity contribution >= 4 is 40.4 Å². The molecule has 8 heteroatoms. The van der Waals surface area contributed by atoms with Gasteiger partial charge in [0.25, 0.3) is 5.69 Å². The fraction of sp³-hybridized carbons (Fsp3) is 0.143. The van der Waals surface area contributed by atoms with Crippen molar-refractivity contribution in [3.05, 3.63) is 60.8 Å². The molecule has 0 bridgehead atoms. The van der Waals surface area contributed by atoms with Gasteiger partial charge in [0.1, 0.15) is 5.56 Å². The number of esters is 1. The van der Waals surface area contributed by atoms with E-state index in [-0.39, 0.29) is 16.4 Å². The summed E-state index contributed by atoms with van der Waals surface area (Å²) in [6, 6.07) is 7.02. The number of benzene rings is 1. The second-order valence-electron chi connectivity index (χ2n) is 4.33. The van der Waals surface area contributed by atoms with Gasteiger partial charge in [-0.1, -0.05) is 11.6 Å². The van der Waals surface area contributed by atoms with Crippen molar-refractivity contribution in [3.63, 3.8) is 0 Å². The Morgan fingerprint density at radius 2 is 2.05 bits per heavy atom. The van der Waals surface area contributed by atoms with Gasteiger partial charge in [-0.05, 0) is 31.2 Å². The first-order chi connectivity index (χ1) is 10.4. The molecule has 0 aliphatic heterocycles. The summed E-state index contributed by atoms with van der Waals surface area (Å²) in [4.78, 5) is 35.4. The number of Topliss-reactive ketones (excluding diaryl/α,β-unsaturated/α-hetero) is 1. The second kappa shape index (κ2) is 6.67. The van der Waals surface area contributed by atoms with Crippen molar-refractivity contribution in [1.29, 1.82) is 0 Å². The standard InChI is InChI=1S/C14H10ClNO5S/c1-8-2-5-13(22-8)12(17)7-21-14(18)10-4-3-9(15)6-11(10)16(19)20/h2-6H,7H2,1H3. The molecule has 22 heavy (non-hydrogen) atoms. The lowest BCUT2D eigenvalue weighted by Crippen LogP contribution is -2.14. The van der Waals surface area contributed by atoms with Gasteiger partial charge in [-0.2, -0.15) is 0 Å². The van der Waals surface area contributed by atoms with Gasteiger partial charge in [0, 0.05) is 16.0 Å². The van der Waals surface area contributed by atoms with Gasteiger partial charge in [0.2, 0.25) is 5.78 Å². The van der Waals surface area contributed by atoms with Crippen LogP contribution in [0.3, 0.4) is 0 Å². The highest BCUT2D eigenvalue weighted by Gasteiger charge is 2.22. The predicted octanol–water partition coefficient (Wildman–Crippen LogP) is 3.66. The van der Waals surface area contributed by atoms with Crippen LogP contribution in [0.1, 0.15) is 24.9 Å². The van der Waals surface area contributed by atoms with E-state index in [1.807, 2.05) is 6.92 Å². The van der Waals surface area contributed by atoms with Crippen LogP contribution in [0, 0.1) is 17.0 Å². The van der Waals surface area contributed by atoms with Gasteiger partial charge < -0.3 is 4.74 Å². The van der Waals surface area contributed by atoms with Crippen molar-refractivity contribution in [2.45, 2.75) is 6.92 Å². The van der Waals surface area contributed by atoms with Crippen molar-refractivity contribution in [3.8, 4) is 0 Å². The number of carbonyl (C=O) groups excluding carboxylic acids is 2. The molecule has 1 aromatic carbocycles. The van der Waals surface area contributed by atoms with E-state index in [9.17, 15) is 19.7 Å². The molecule has 0 amide bonds. The maximum atomic E-state index is 11.9. The van der Waals surface area contributed by atoms with Crippen molar-refractivity contribution < 1.29 is 19.2 Å². The molecule has 0 saturated carbocycles. The van der Waals surface area contributed by atoms with Gasteiger partial charge in [-0.15, -0.1) is 11.3 Å². The van der Waals surface area contributed by atoms with Gasteiger partial charge in [-0.25, -0.2) is 4.79 Å². The molecule has 0 fully saturated rings. The predicted molar refractivity (Wildman–Crippen MR) is 81.8 cm³/mol. The highest BCUT2D eigenvalue weighted by Crippen LogP contribution is 2.24. The summed E-state index contributed by atoms with van der Waals surface area (Å²) < 4.78 is 4.85. The summed E-state index contributed by atoms with van der Waals surface area (Å²) in [5, 5.41) is 11.0. The zero-order valence-corrected chi connectivity index (χ0v) is 12.9. The van der Waals surface area contributed by atoms with Crippen LogP contribution in [0.15, 0.2) is 30.3 Å². The summed E-state index contributed by atoms with van der Waals surface area (Å²) in [5.74, 6) is -1.30. The lowest BCUT2D eigenvalue weighted by molar-refractivity contribution is -0.385. The number of nitrogens with zero attached hydrogens (tertiary/aromatic N) is 1. The molecule has 0 saturated heterocycles. The highest BCUT2D eigenvalue weighted by molar-refractivity contribution is 7.14. The van der Waals surface area contributed by atoms with Gasteiger partial charge >= 0.3 is 5.97 Å². The number of ketones is 1. The fourth-order valence-electron chi connectivity index (χ4n) is 1.69. The Labute approximate surface area is 134 Å². The smallest absolute Gasteiger partial charge is 0.345 e. The molecule has 0 spiro atoms. The van der Waals surface area contributed by atoms with Crippen LogP contribution in [0.2, 0.25) is 5.02 Å². The summed E-state index contributed by atoms with van der Waals surface area (Å²) >= 11 is 6.95. The summed E-state index contributed by atoms with van der Waals surface area (Å²) in [5.41, 5.74) is -0.707. The molecule has 6 nitrogen and oxygen atoms in total. The minimum absolute atomic E-state index is 0.133. The first-order valence-corrected chi connectivity index (χ1v) is 7.28. The van der Waals surface area contributed by atoms with E-state index in [0.717, 1.165) is 10.9 Å². The number of thiophene rings is 1. The molecular formula is C14H10ClNO5S. The van der Waals surface area contributed by atoms with Gasteiger partial charge in [0.05, 0.1) is 9.80 Å². The lowest BCUT2D eigenvalue weighted by Gasteiger charge is -2.04. The first kappa shape index (κ1) is 16.1. The van der Waals surface area contributed by atoms with E-state index in [1.54, 1.807) is 12.1 Å². The summed E-state index contributed by atoms with van der Waals surface area (Å²) in [6.45, 7) is 1.38. The number of ether oxygens (including phenoxy) is 1. The third-order valence-electron chi connectivity index (χ3n) is 2.73. The van der Waals surface area contributed by atoms with E-state index < -0.39 is 23.2 Å². The van der Waals surface area contributed by atoms with Crippen LogP contribution in [0.4, 0.5) is 5.69 Å². The Hall–Kier alpha value is -2.25. The van der Waals surface area contributed by atoms with Crippen molar-refractivity contribution in [2.24, 2.45) is 0 Å². The number of aryl methyl sites for hydroxylation is 1. The maximum absolute atomic E-state index is 11.9. The lowest BCUT2D eigenvalue weighted by atomic mass is 10.2. The summed E-state index contributed by atoms with van der Waals surface area (Å²) in [7, 11) is 0. The molecular weight excluding hydrogens is 330 g/mol. The fourth-order valence-corrected chi connectivity index (χ4v) is 2.65. The minimum Gasteiger partial charge on any atom is -0.453 e. The van der Waals surface area contributed by atoms with Crippen LogP contribution in [-0.4, -0.2) is 23.3 Å². The number of nitro benzene ring substituents is 1. The zero-order valence-electron chi connectivity index (χ0n) is 11.4.